The van der Waals surface area contributed by atoms with E-state index < -0.39 is 17.7 Å². The van der Waals surface area contributed by atoms with Crippen molar-refractivity contribution in [2.24, 2.45) is 11.8 Å². The lowest BCUT2D eigenvalue weighted by Crippen LogP contribution is -2.29. The Hall–Kier alpha value is -1.85. The Morgan fingerprint density at radius 2 is 1.85 bits per heavy atom. The Kier molecular flexibility index (Phi) is 3.23. The van der Waals surface area contributed by atoms with Crippen LogP contribution in [-0.2, 0) is 0 Å². The van der Waals surface area contributed by atoms with Crippen LogP contribution in [0.2, 0.25) is 0 Å². The molecule has 3 rings (SSSR count). The summed E-state index contributed by atoms with van der Waals surface area (Å²) in [6.45, 7) is 1.08. The molecule has 6 heteroatoms. The predicted molar refractivity (Wildman–Crippen MR) is 66.6 cm³/mol. The summed E-state index contributed by atoms with van der Waals surface area (Å²) in [6.07, 6.45) is 0.587. The quantitative estimate of drug-likeness (QED) is 0.908. The lowest BCUT2D eigenvalue weighted by Gasteiger charge is -2.17. The maximum absolute atomic E-state index is 13.1. The number of hydrogen-bond donors (Lipinski definition) is 1. The Bertz CT molecular complexity index is 523. The van der Waals surface area contributed by atoms with E-state index in [4.69, 9.17) is 9.84 Å². The van der Waals surface area contributed by atoms with Crippen molar-refractivity contribution >= 4 is 6.09 Å². The fraction of sp³-hybridized carbons (Fsp3) is 0.500. The number of carboxylic acid groups (broad SMARTS) is 1. The van der Waals surface area contributed by atoms with Crippen LogP contribution in [0.25, 0.3) is 0 Å². The van der Waals surface area contributed by atoms with Crippen LogP contribution in [0.3, 0.4) is 0 Å². The molecule has 0 bridgehead atoms. The molecule has 2 atom stereocenters. The molecule has 1 aromatic rings. The van der Waals surface area contributed by atoms with Gasteiger partial charge in [0.1, 0.15) is 5.75 Å². The van der Waals surface area contributed by atoms with Crippen LogP contribution in [-0.4, -0.2) is 35.3 Å². The van der Waals surface area contributed by atoms with Crippen molar-refractivity contribution in [3.63, 3.8) is 0 Å². The molecule has 1 saturated heterocycles. The van der Waals surface area contributed by atoms with Gasteiger partial charge in [0.25, 0.3) is 0 Å². The minimum absolute atomic E-state index is 0.0502. The molecule has 0 spiro atoms. The first-order valence-electron chi connectivity index (χ1n) is 6.62. The zero-order chi connectivity index (χ0) is 14.3. The maximum Gasteiger partial charge on any atom is 0.407 e. The average Bonchev–Trinajstić information content (AvgIpc) is 2.91. The third-order valence-corrected chi connectivity index (χ3v) is 4.17. The van der Waals surface area contributed by atoms with Gasteiger partial charge in [0.2, 0.25) is 0 Å². The largest absolute Gasteiger partial charge is 0.490 e. The highest BCUT2D eigenvalue weighted by molar-refractivity contribution is 5.65. The lowest BCUT2D eigenvalue weighted by atomic mass is 10.0. The highest BCUT2D eigenvalue weighted by atomic mass is 19.2. The number of amides is 1. The Morgan fingerprint density at radius 1 is 1.20 bits per heavy atom. The molecule has 1 aliphatic heterocycles. The van der Waals surface area contributed by atoms with Gasteiger partial charge < -0.3 is 14.7 Å². The fourth-order valence-electron chi connectivity index (χ4n) is 3.24. The number of rotatable bonds is 2. The highest BCUT2D eigenvalue weighted by Crippen LogP contribution is 2.39. The second-order valence-corrected chi connectivity index (χ2v) is 5.49. The second-order valence-electron chi connectivity index (χ2n) is 5.49. The summed E-state index contributed by atoms with van der Waals surface area (Å²) in [7, 11) is 0. The van der Waals surface area contributed by atoms with Crippen LogP contribution in [0.4, 0.5) is 13.6 Å². The predicted octanol–water partition coefficient (Wildman–Crippen LogP) is 2.73. The first kappa shape index (κ1) is 13.1. The molecule has 20 heavy (non-hydrogen) atoms. The van der Waals surface area contributed by atoms with Crippen molar-refractivity contribution in [2.75, 3.05) is 13.1 Å². The van der Waals surface area contributed by atoms with E-state index in [1.54, 1.807) is 0 Å². The first-order chi connectivity index (χ1) is 9.52. The molecule has 1 amide bonds. The topological polar surface area (TPSA) is 49.8 Å². The van der Waals surface area contributed by atoms with E-state index in [2.05, 4.69) is 0 Å². The summed E-state index contributed by atoms with van der Waals surface area (Å²) in [5.74, 6) is -0.873. The highest BCUT2D eigenvalue weighted by Gasteiger charge is 2.43. The zero-order valence-corrected chi connectivity index (χ0v) is 10.8. The molecule has 1 saturated carbocycles. The number of carbonyl (C=O) groups is 1. The molecule has 4 nitrogen and oxygen atoms in total. The molecule has 108 valence electrons. The Labute approximate surface area is 114 Å². The van der Waals surface area contributed by atoms with Gasteiger partial charge in [-0.15, -0.1) is 0 Å². The van der Waals surface area contributed by atoms with Crippen LogP contribution in [0.1, 0.15) is 12.8 Å². The van der Waals surface area contributed by atoms with Crippen molar-refractivity contribution in [3.05, 3.63) is 29.8 Å². The summed E-state index contributed by atoms with van der Waals surface area (Å²) in [5.41, 5.74) is 0. The minimum atomic E-state index is -0.919. The molecule has 0 radical (unpaired) electrons. The molecule has 0 aromatic heterocycles. The molecular formula is C14H15F2NO3. The monoisotopic (exact) mass is 283 g/mol. The van der Waals surface area contributed by atoms with E-state index in [0.29, 0.717) is 30.7 Å². The van der Waals surface area contributed by atoms with E-state index >= 15 is 0 Å². The van der Waals surface area contributed by atoms with Gasteiger partial charge in [0, 0.05) is 19.2 Å². The van der Waals surface area contributed by atoms with Crippen LogP contribution in [0.15, 0.2) is 18.2 Å². The third-order valence-electron chi connectivity index (χ3n) is 4.17. The van der Waals surface area contributed by atoms with Crippen molar-refractivity contribution in [2.45, 2.75) is 18.9 Å². The summed E-state index contributed by atoms with van der Waals surface area (Å²) in [5, 5.41) is 8.94. The van der Waals surface area contributed by atoms with Crippen molar-refractivity contribution < 1.29 is 23.4 Å². The van der Waals surface area contributed by atoms with Gasteiger partial charge >= 0.3 is 6.09 Å². The first-order valence-corrected chi connectivity index (χ1v) is 6.62. The van der Waals surface area contributed by atoms with E-state index in [0.717, 1.165) is 25.0 Å². The van der Waals surface area contributed by atoms with Gasteiger partial charge in [0.15, 0.2) is 11.6 Å². The van der Waals surface area contributed by atoms with Crippen molar-refractivity contribution in [1.29, 1.82) is 0 Å². The Morgan fingerprint density at radius 3 is 2.40 bits per heavy atom. The van der Waals surface area contributed by atoms with Crippen LogP contribution >= 0.6 is 0 Å². The normalized spacial score (nSPS) is 25.8. The van der Waals surface area contributed by atoms with E-state index in [1.807, 2.05) is 0 Å². The van der Waals surface area contributed by atoms with Gasteiger partial charge in [-0.05, 0) is 36.8 Å². The van der Waals surface area contributed by atoms with Crippen LogP contribution in [0.5, 0.6) is 5.75 Å². The smallest absolute Gasteiger partial charge is 0.407 e. The minimum Gasteiger partial charge on any atom is -0.490 e. The van der Waals surface area contributed by atoms with Gasteiger partial charge in [-0.1, -0.05) is 0 Å². The third kappa shape index (κ3) is 2.42. The molecule has 1 N–H and O–H groups in total. The molecule has 2 fully saturated rings. The van der Waals surface area contributed by atoms with Crippen LogP contribution in [0, 0.1) is 23.5 Å². The van der Waals surface area contributed by atoms with Gasteiger partial charge in [-0.2, -0.15) is 0 Å². The van der Waals surface area contributed by atoms with Gasteiger partial charge in [-0.3, -0.25) is 0 Å². The molecule has 0 unspecified atom stereocenters. The standard InChI is InChI=1S/C14H15F2NO3/c15-12-2-1-10(5-13(12)16)20-11-3-8-6-17(14(18)19)7-9(8)4-11/h1-2,5,8-9,11H,3-4,6-7H2,(H,18,19)/t8-,9-/m1/s1. The van der Waals surface area contributed by atoms with E-state index in [9.17, 15) is 13.6 Å². The number of benzene rings is 1. The number of likely N-dealkylation sites (tertiary alicyclic amines) is 1. The zero-order valence-electron chi connectivity index (χ0n) is 10.8. The van der Waals surface area contributed by atoms with Crippen molar-refractivity contribution in [3.8, 4) is 5.75 Å². The van der Waals surface area contributed by atoms with Crippen molar-refractivity contribution in [1.82, 2.24) is 4.90 Å². The summed E-state index contributed by atoms with van der Waals surface area (Å²) >= 11 is 0. The summed E-state index contributed by atoms with van der Waals surface area (Å²) < 4.78 is 31.6. The van der Waals surface area contributed by atoms with Gasteiger partial charge in [-0.25, -0.2) is 13.6 Å². The summed E-state index contributed by atoms with van der Waals surface area (Å²) in [4.78, 5) is 12.3. The molecule has 1 aliphatic carbocycles. The van der Waals surface area contributed by atoms with Gasteiger partial charge in [0.05, 0.1) is 6.10 Å². The van der Waals surface area contributed by atoms with E-state index in [-0.39, 0.29) is 6.10 Å². The Balaban J connectivity index is 1.60. The molecule has 1 heterocycles. The number of nitrogens with zero attached hydrogens (tertiary/aromatic N) is 1. The lowest BCUT2D eigenvalue weighted by molar-refractivity contribution is 0.144. The molecule has 2 aliphatic rings. The molecular weight excluding hydrogens is 268 g/mol. The number of fused-ring (bicyclic) bond motifs is 1. The SMILES string of the molecule is O=C(O)N1C[C@H]2CC(Oc3ccc(F)c(F)c3)C[C@@H]2C1. The fourth-order valence-corrected chi connectivity index (χ4v) is 3.24. The van der Waals surface area contributed by atoms with Crippen LogP contribution < -0.4 is 4.74 Å². The molecule has 1 aromatic carbocycles. The second kappa shape index (κ2) is 4.92. The average molecular weight is 283 g/mol. The summed E-state index contributed by atoms with van der Waals surface area (Å²) in [6, 6.07) is 3.51. The number of hydrogen-bond acceptors (Lipinski definition) is 2. The van der Waals surface area contributed by atoms with E-state index in [1.165, 1.54) is 11.0 Å². The number of ether oxygens (including phenoxy) is 1. The number of halogens is 2. The maximum atomic E-state index is 13.1.